The minimum Gasteiger partial charge on any atom is -0.497 e. The number of allylic oxidation sites excluding steroid dienone is 1. The molecule has 2 aromatic carbocycles. The van der Waals surface area contributed by atoms with E-state index in [9.17, 15) is 0 Å². The molecule has 0 atom stereocenters. The van der Waals surface area contributed by atoms with Crippen LogP contribution in [0, 0.1) is 0 Å². The molecule has 2 N–H and O–H groups in total. The topological polar surface area (TPSA) is 77.5 Å². The Bertz CT molecular complexity index is 1020. The van der Waals surface area contributed by atoms with E-state index < -0.39 is 0 Å². The van der Waals surface area contributed by atoms with Gasteiger partial charge in [0.25, 0.3) is 0 Å². The predicted molar refractivity (Wildman–Crippen MR) is 130 cm³/mol. The molecule has 7 nitrogen and oxygen atoms in total. The molecule has 0 saturated heterocycles. The standard InChI is InChI=1S/C24H30N4O3S/c1-5-30-21-12-7-18(16-22(21)31-6-2)13-14-25-17(3)15-23-27-24(32-28-23)26-19-8-10-20(29-4)11-9-19/h7-12,15-16,25H,5-6,13-14H2,1-4H3,(H,26,27,28). The molecule has 3 aromatic rings. The van der Waals surface area contributed by atoms with E-state index in [0.29, 0.717) is 19.0 Å². The van der Waals surface area contributed by atoms with Crippen molar-refractivity contribution in [2.75, 3.05) is 32.2 Å². The maximum absolute atomic E-state index is 5.71. The van der Waals surface area contributed by atoms with Gasteiger partial charge in [-0.05, 0) is 69.2 Å². The van der Waals surface area contributed by atoms with Crippen LogP contribution < -0.4 is 24.8 Å². The van der Waals surface area contributed by atoms with Crippen LogP contribution in [-0.2, 0) is 6.42 Å². The Kier molecular flexibility index (Phi) is 8.74. The van der Waals surface area contributed by atoms with E-state index in [-0.39, 0.29) is 0 Å². The number of anilines is 2. The Morgan fingerprint density at radius 3 is 2.50 bits per heavy atom. The van der Waals surface area contributed by atoms with Gasteiger partial charge in [0.2, 0.25) is 5.13 Å². The summed E-state index contributed by atoms with van der Waals surface area (Å²) in [4.78, 5) is 4.53. The number of ether oxygens (including phenoxy) is 3. The lowest BCUT2D eigenvalue weighted by atomic mass is 10.1. The summed E-state index contributed by atoms with van der Waals surface area (Å²) in [5, 5.41) is 7.42. The van der Waals surface area contributed by atoms with Crippen LogP contribution >= 0.6 is 11.5 Å². The number of methoxy groups -OCH3 is 1. The first-order valence-electron chi connectivity index (χ1n) is 10.7. The highest BCUT2D eigenvalue weighted by molar-refractivity contribution is 7.09. The second kappa shape index (κ2) is 12.0. The molecule has 0 fully saturated rings. The number of nitrogens with zero attached hydrogens (tertiary/aromatic N) is 2. The highest BCUT2D eigenvalue weighted by atomic mass is 32.1. The third kappa shape index (κ3) is 6.88. The van der Waals surface area contributed by atoms with Crippen LogP contribution in [0.4, 0.5) is 10.8 Å². The average molecular weight is 455 g/mol. The molecule has 0 saturated carbocycles. The minimum atomic E-state index is 0.611. The van der Waals surface area contributed by atoms with Crippen molar-refractivity contribution in [3.63, 3.8) is 0 Å². The highest BCUT2D eigenvalue weighted by Crippen LogP contribution is 2.28. The number of nitrogens with one attached hydrogen (secondary N) is 2. The van der Waals surface area contributed by atoms with Crippen LogP contribution in [0.3, 0.4) is 0 Å². The van der Waals surface area contributed by atoms with Crippen LogP contribution in [0.1, 0.15) is 32.2 Å². The largest absolute Gasteiger partial charge is 0.497 e. The van der Waals surface area contributed by atoms with Crippen molar-refractivity contribution in [3.8, 4) is 17.2 Å². The molecule has 8 heteroatoms. The summed E-state index contributed by atoms with van der Waals surface area (Å²) in [5.74, 6) is 3.08. The van der Waals surface area contributed by atoms with Crippen LogP contribution in [0.25, 0.3) is 6.08 Å². The fourth-order valence-corrected chi connectivity index (χ4v) is 3.61. The van der Waals surface area contributed by atoms with E-state index in [0.717, 1.165) is 46.7 Å². The van der Waals surface area contributed by atoms with Crippen molar-refractivity contribution in [2.45, 2.75) is 27.2 Å². The summed E-state index contributed by atoms with van der Waals surface area (Å²) in [6.07, 6.45) is 2.81. The molecule has 170 valence electrons. The second-order valence-electron chi connectivity index (χ2n) is 6.96. The summed E-state index contributed by atoms with van der Waals surface area (Å²) >= 11 is 1.33. The van der Waals surface area contributed by atoms with Gasteiger partial charge in [0, 0.05) is 35.5 Å². The third-order valence-electron chi connectivity index (χ3n) is 4.55. The summed E-state index contributed by atoms with van der Waals surface area (Å²) < 4.78 is 20.9. The highest BCUT2D eigenvalue weighted by Gasteiger charge is 2.07. The average Bonchev–Trinajstić information content (AvgIpc) is 3.23. The van der Waals surface area contributed by atoms with Crippen molar-refractivity contribution in [2.24, 2.45) is 0 Å². The van der Waals surface area contributed by atoms with Crippen molar-refractivity contribution in [1.82, 2.24) is 14.7 Å². The molecule has 0 aliphatic carbocycles. The van der Waals surface area contributed by atoms with Crippen LogP contribution in [0.5, 0.6) is 17.2 Å². The maximum Gasteiger partial charge on any atom is 0.207 e. The van der Waals surface area contributed by atoms with Crippen molar-refractivity contribution < 1.29 is 14.2 Å². The molecule has 0 aliphatic rings. The molecule has 32 heavy (non-hydrogen) atoms. The fraction of sp³-hybridized carbons (Fsp3) is 0.333. The molecule has 0 spiro atoms. The van der Waals surface area contributed by atoms with Crippen molar-refractivity contribution in [3.05, 3.63) is 59.5 Å². The van der Waals surface area contributed by atoms with Gasteiger partial charge in [-0.25, -0.2) is 0 Å². The van der Waals surface area contributed by atoms with Gasteiger partial charge in [-0.15, -0.1) is 0 Å². The molecule has 0 bridgehead atoms. The SMILES string of the molecule is CCOc1ccc(CCNC(C)=Cc2nsc(Nc3ccc(OC)cc3)n2)cc1OCC. The van der Waals surface area contributed by atoms with Gasteiger partial charge >= 0.3 is 0 Å². The van der Waals surface area contributed by atoms with Crippen molar-refractivity contribution >= 4 is 28.4 Å². The van der Waals surface area contributed by atoms with Gasteiger partial charge in [-0.3, -0.25) is 0 Å². The van der Waals surface area contributed by atoms with Crippen molar-refractivity contribution in [1.29, 1.82) is 0 Å². The molecular formula is C24H30N4O3S. The Morgan fingerprint density at radius 2 is 1.78 bits per heavy atom. The monoisotopic (exact) mass is 454 g/mol. The van der Waals surface area contributed by atoms with Gasteiger partial charge in [0.1, 0.15) is 5.75 Å². The van der Waals surface area contributed by atoms with Gasteiger partial charge in [0.15, 0.2) is 17.3 Å². The van der Waals surface area contributed by atoms with E-state index in [1.807, 2.05) is 63.2 Å². The lowest BCUT2D eigenvalue weighted by molar-refractivity contribution is 0.287. The number of rotatable bonds is 12. The molecular weight excluding hydrogens is 424 g/mol. The van der Waals surface area contributed by atoms with E-state index in [2.05, 4.69) is 26.1 Å². The molecule has 1 aromatic heterocycles. The zero-order chi connectivity index (χ0) is 22.8. The second-order valence-corrected chi connectivity index (χ2v) is 7.71. The lowest BCUT2D eigenvalue weighted by Gasteiger charge is -2.13. The van der Waals surface area contributed by atoms with Crippen LogP contribution in [-0.4, -0.2) is 36.2 Å². The summed E-state index contributed by atoms with van der Waals surface area (Å²) in [7, 11) is 1.65. The lowest BCUT2D eigenvalue weighted by Crippen LogP contribution is -2.15. The number of hydrogen-bond acceptors (Lipinski definition) is 8. The quantitative estimate of drug-likeness (QED) is 0.385. The van der Waals surface area contributed by atoms with Gasteiger partial charge in [-0.1, -0.05) is 6.07 Å². The number of hydrogen-bond donors (Lipinski definition) is 2. The zero-order valence-electron chi connectivity index (χ0n) is 19.0. The summed E-state index contributed by atoms with van der Waals surface area (Å²) in [6.45, 7) is 7.98. The summed E-state index contributed by atoms with van der Waals surface area (Å²) in [6, 6.07) is 13.8. The van der Waals surface area contributed by atoms with Gasteiger partial charge in [0.05, 0.1) is 20.3 Å². The van der Waals surface area contributed by atoms with E-state index >= 15 is 0 Å². The first-order chi connectivity index (χ1) is 15.6. The van der Waals surface area contributed by atoms with Crippen LogP contribution in [0.15, 0.2) is 48.2 Å². The molecule has 0 unspecified atom stereocenters. The smallest absolute Gasteiger partial charge is 0.207 e. The Morgan fingerprint density at radius 1 is 1.03 bits per heavy atom. The Hall–Kier alpha value is -3.26. The molecule has 0 radical (unpaired) electrons. The van der Waals surface area contributed by atoms with Gasteiger partial charge < -0.3 is 24.8 Å². The third-order valence-corrected chi connectivity index (χ3v) is 5.20. The predicted octanol–water partition coefficient (Wildman–Crippen LogP) is 5.28. The summed E-state index contributed by atoms with van der Waals surface area (Å²) in [5.41, 5.74) is 3.14. The van der Waals surface area contributed by atoms with E-state index in [1.165, 1.54) is 17.1 Å². The van der Waals surface area contributed by atoms with E-state index in [1.54, 1.807) is 7.11 Å². The Balaban J connectivity index is 1.52. The van der Waals surface area contributed by atoms with E-state index in [4.69, 9.17) is 14.2 Å². The Labute approximate surface area is 193 Å². The normalized spacial score (nSPS) is 11.2. The first kappa shape index (κ1) is 23.4. The zero-order valence-corrected chi connectivity index (χ0v) is 19.8. The maximum atomic E-state index is 5.71. The number of aromatic nitrogens is 2. The minimum absolute atomic E-state index is 0.611. The number of benzene rings is 2. The molecule has 1 heterocycles. The van der Waals surface area contributed by atoms with Crippen LogP contribution in [0.2, 0.25) is 0 Å². The fourth-order valence-electron chi connectivity index (χ4n) is 3.04. The first-order valence-corrected chi connectivity index (χ1v) is 11.4. The molecule has 3 rings (SSSR count). The molecule has 0 aliphatic heterocycles. The molecule has 0 amide bonds. The van der Waals surface area contributed by atoms with Gasteiger partial charge in [-0.2, -0.15) is 9.36 Å².